The van der Waals surface area contributed by atoms with Gasteiger partial charge in [0.25, 0.3) is 5.91 Å². The summed E-state index contributed by atoms with van der Waals surface area (Å²) in [5.41, 5.74) is 0. The van der Waals surface area contributed by atoms with E-state index in [1.807, 2.05) is 0 Å². The Morgan fingerprint density at radius 3 is 3.05 bits per heavy atom. The maximum absolute atomic E-state index is 13.6. The van der Waals surface area contributed by atoms with E-state index in [1.54, 1.807) is 18.2 Å². The number of carbonyl (C=O) groups excluding carboxylic acids is 2. The lowest BCUT2D eigenvalue weighted by Crippen LogP contribution is -2.45. The highest BCUT2D eigenvalue weighted by molar-refractivity contribution is 7.20. The van der Waals surface area contributed by atoms with Crippen LogP contribution in [-0.2, 0) is 4.79 Å². The maximum atomic E-state index is 13.6. The lowest BCUT2D eigenvalue weighted by atomic mass is 10.1. The molecule has 2 amide bonds. The van der Waals surface area contributed by atoms with Crippen molar-refractivity contribution in [2.45, 2.75) is 25.3 Å². The van der Waals surface area contributed by atoms with E-state index in [4.69, 9.17) is 0 Å². The van der Waals surface area contributed by atoms with Crippen molar-refractivity contribution in [2.75, 3.05) is 6.54 Å². The first-order chi connectivity index (χ1) is 10.1. The second-order valence-electron chi connectivity index (χ2n) is 5.08. The van der Waals surface area contributed by atoms with Crippen LogP contribution in [0.1, 0.15) is 28.9 Å². The van der Waals surface area contributed by atoms with Crippen LogP contribution in [0.5, 0.6) is 0 Å². The first-order valence-electron chi connectivity index (χ1n) is 6.92. The fraction of sp³-hybridized carbons (Fsp3) is 0.333. The monoisotopic (exact) mass is 306 g/mol. The fourth-order valence-electron chi connectivity index (χ4n) is 2.44. The summed E-state index contributed by atoms with van der Waals surface area (Å²) in [6.07, 6.45) is 2.45. The fourth-order valence-corrected chi connectivity index (χ4v) is 3.42. The molecule has 1 aromatic carbocycles. The molecule has 3 rings (SSSR count). The van der Waals surface area contributed by atoms with Gasteiger partial charge in [-0.25, -0.2) is 4.39 Å². The van der Waals surface area contributed by atoms with Gasteiger partial charge in [0.05, 0.1) is 4.88 Å². The highest BCUT2D eigenvalue weighted by atomic mass is 32.1. The van der Waals surface area contributed by atoms with E-state index in [9.17, 15) is 14.0 Å². The molecule has 2 aromatic rings. The summed E-state index contributed by atoms with van der Waals surface area (Å²) in [7, 11) is 0. The minimum atomic E-state index is -0.505. The van der Waals surface area contributed by atoms with Gasteiger partial charge in [0.15, 0.2) is 0 Å². The molecule has 0 bridgehead atoms. The van der Waals surface area contributed by atoms with Crippen LogP contribution in [0.2, 0.25) is 0 Å². The van der Waals surface area contributed by atoms with Crippen LogP contribution in [-0.4, -0.2) is 24.4 Å². The number of benzene rings is 1. The first kappa shape index (κ1) is 14.0. The van der Waals surface area contributed by atoms with Crippen molar-refractivity contribution in [2.24, 2.45) is 0 Å². The number of hydrogen-bond acceptors (Lipinski definition) is 3. The highest BCUT2D eigenvalue weighted by Gasteiger charge is 2.23. The maximum Gasteiger partial charge on any atom is 0.262 e. The molecule has 4 nitrogen and oxygen atoms in total. The average molecular weight is 306 g/mol. The Morgan fingerprint density at radius 2 is 2.24 bits per heavy atom. The number of hydrogen-bond donors (Lipinski definition) is 2. The Morgan fingerprint density at radius 1 is 1.38 bits per heavy atom. The Hall–Kier alpha value is -1.95. The molecule has 21 heavy (non-hydrogen) atoms. The van der Waals surface area contributed by atoms with Crippen LogP contribution in [0.15, 0.2) is 24.3 Å². The van der Waals surface area contributed by atoms with Crippen LogP contribution < -0.4 is 10.6 Å². The van der Waals surface area contributed by atoms with E-state index in [-0.39, 0.29) is 17.6 Å². The largest absolute Gasteiger partial charge is 0.354 e. The van der Waals surface area contributed by atoms with Crippen LogP contribution in [0.25, 0.3) is 10.1 Å². The summed E-state index contributed by atoms with van der Waals surface area (Å²) < 4.78 is 14.4. The summed E-state index contributed by atoms with van der Waals surface area (Å²) in [6, 6.07) is 5.80. The van der Waals surface area contributed by atoms with Gasteiger partial charge >= 0.3 is 0 Å². The lowest BCUT2D eigenvalue weighted by molar-refractivity contribution is -0.122. The number of rotatable bonds is 2. The third-order valence-corrected chi connectivity index (χ3v) is 4.67. The normalized spacial score (nSPS) is 19.1. The Labute approximate surface area is 125 Å². The highest BCUT2D eigenvalue weighted by Crippen LogP contribution is 2.27. The first-order valence-corrected chi connectivity index (χ1v) is 7.73. The Kier molecular flexibility index (Phi) is 3.88. The number of thiophene rings is 1. The van der Waals surface area contributed by atoms with Gasteiger partial charge in [-0.05, 0) is 37.5 Å². The standard InChI is InChI=1S/C15H15FN2O2S/c16-10-4-3-6-12-9(10)8-13(21-12)15(20)18-11-5-1-2-7-17-14(11)19/h3-4,6,8,11H,1-2,5,7H2,(H,17,19)(H,18,20). The van der Waals surface area contributed by atoms with Crippen molar-refractivity contribution >= 4 is 33.2 Å². The van der Waals surface area contributed by atoms with E-state index in [1.165, 1.54) is 17.4 Å². The molecule has 1 fully saturated rings. The molecule has 1 aliphatic rings. The molecule has 0 spiro atoms. The third kappa shape index (κ3) is 2.90. The third-order valence-electron chi connectivity index (χ3n) is 3.57. The van der Waals surface area contributed by atoms with E-state index in [0.717, 1.165) is 17.5 Å². The SMILES string of the molecule is O=C(NC1CCCCNC1=O)c1cc2c(F)cccc2s1. The van der Waals surface area contributed by atoms with Crippen LogP contribution in [0.3, 0.4) is 0 Å². The molecule has 0 saturated carbocycles. The van der Waals surface area contributed by atoms with E-state index in [0.29, 0.717) is 23.2 Å². The molecule has 1 unspecified atom stereocenters. The van der Waals surface area contributed by atoms with Gasteiger partial charge in [-0.1, -0.05) is 6.07 Å². The molecule has 1 atom stereocenters. The molecule has 2 heterocycles. The van der Waals surface area contributed by atoms with Gasteiger partial charge < -0.3 is 10.6 Å². The molecule has 2 N–H and O–H groups in total. The van der Waals surface area contributed by atoms with Crippen molar-refractivity contribution in [1.82, 2.24) is 10.6 Å². The molecule has 0 aliphatic carbocycles. The zero-order valence-electron chi connectivity index (χ0n) is 11.3. The van der Waals surface area contributed by atoms with Crippen LogP contribution in [0, 0.1) is 5.82 Å². The number of nitrogens with one attached hydrogen (secondary N) is 2. The summed E-state index contributed by atoms with van der Waals surface area (Å²) >= 11 is 1.23. The van der Waals surface area contributed by atoms with Crippen LogP contribution in [0.4, 0.5) is 4.39 Å². The quantitative estimate of drug-likeness (QED) is 0.895. The van der Waals surface area contributed by atoms with Gasteiger partial charge in [0, 0.05) is 16.6 Å². The number of halogens is 1. The minimum absolute atomic E-state index is 0.145. The van der Waals surface area contributed by atoms with Crippen LogP contribution >= 0.6 is 11.3 Å². The van der Waals surface area contributed by atoms with Crippen molar-refractivity contribution in [3.05, 3.63) is 35.0 Å². The average Bonchev–Trinajstić information content (AvgIpc) is 2.81. The molecule has 0 radical (unpaired) electrons. The van der Waals surface area contributed by atoms with Gasteiger partial charge in [-0.2, -0.15) is 0 Å². The molecule has 110 valence electrons. The van der Waals surface area contributed by atoms with Gasteiger partial charge in [-0.3, -0.25) is 9.59 Å². The second kappa shape index (κ2) is 5.81. The van der Waals surface area contributed by atoms with Gasteiger partial charge in [-0.15, -0.1) is 11.3 Å². The number of fused-ring (bicyclic) bond motifs is 1. The predicted octanol–water partition coefficient (Wildman–Crippen LogP) is 2.44. The van der Waals surface area contributed by atoms with E-state index in [2.05, 4.69) is 10.6 Å². The minimum Gasteiger partial charge on any atom is -0.354 e. The van der Waals surface area contributed by atoms with E-state index >= 15 is 0 Å². The van der Waals surface area contributed by atoms with E-state index < -0.39 is 6.04 Å². The molecular formula is C15H15FN2O2S. The van der Waals surface area contributed by atoms with Gasteiger partial charge in [0.2, 0.25) is 5.91 Å². The smallest absolute Gasteiger partial charge is 0.262 e. The summed E-state index contributed by atoms with van der Waals surface area (Å²) in [5, 5.41) is 5.96. The number of amides is 2. The molecule has 1 saturated heterocycles. The Balaban J connectivity index is 1.80. The molecule has 6 heteroatoms. The molecular weight excluding hydrogens is 291 g/mol. The second-order valence-corrected chi connectivity index (χ2v) is 6.16. The van der Waals surface area contributed by atoms with Crippen molar-refractivity contribution in [3.8, 4) is 0 Å². The zero-order chi connectivity index (χ0) is 14.8. The lowest BCUT2D eigenvalue weighted by Gasteiger charge is -2.14. The Bertz CT molecular complexity index is 698. The molecule has 1 aliphatic heterocycles. The summed E-state index contributed by atoms with van der Waals surface area (Å²) in [5.74, 6) is -0.805. The predicted molar refractivity (Wildman–Crippen MR) is 79.9 cm³/mol. The molecule has 1 aromatic heterocycles. The topological polar surface area (TPSA) is 58.2 Å². The zero-order valence-corrected chi connectivity index (χ0v) is 12.1. The summed E-state index contributed by atoms with van der Waals surface area (Å²) in [6.45, 7) is 0.652. The van der Waals surface area contributed by atoms with Crippen molar-refractivity contribution in [1.29, 1.82) is 0 Å². The number of carbonyl (C=O) groups is 2. The van der Waals surface area contributed by atoms with Crippen molar-refractivity contribution < 1.29 is 14.0 Å². The van der Waals surface area contributed by atoms with Crippen molar-refractivity contribution in [3.63, 3.8) is 0 Å². The summed E-state index contributed by atoms with van der Waals surface area (Å²) in [4.78, 5) is 24.5. The van der Waals surface area contributed by atoms with Gasteiger partial charge in [0.1, 0.15) is 11.9 Å².